The molecule has 126 valence electrons. The van der Waals surface area contributed by atoms with Crippen LogP contribution in [-0.4, -0.2) is 42.9 Å². The van der Waals surface area contributed by atoms with Crippen molar-refractivity contribution >= 4 is 11.8 Å². The fourth-order valence-corrected chi connectivity index (χ4v) is 2.80. The first-order valence-electron chi connectivity index (χ1n) is 8.33. The third-order valence-electron chi connectivity index (χ3n) is 4.18. The predicted octanol–water partition coefficient (Wildman–Crippen LogP) is 1.78. The first-order chi connectivity index (χ1) is 11.0. The van der Waals surface area contributed by atoms with E-state index in [1.165, 1.54) is 6.42 Å². The fourth-order valence-electron chi connectivity index (χ4n) is 2.80. The van der Waals surface area contributed by atoms with Crippen LogP contribution in [0.3, 0.4) is 0 Å². The topological polar surface area (TPSA) is 61.4 Å². The normalized spacial score (nSPS) is 17.3. The molecule has 23 heavy (non-hydrogen) atoms. The van der Waals surface area contributed by atoms with Gasteiger partial charge in [-0.25, -0.2) is 0 Å². The van der Waals surface area contributed by atoms with E-state index in [0.29, 0.717) is 24.7 Å². The summed E-state index contributed by atoms with van der Waals surface area (Å²) in [5, 5.41) is 6.33. The molecule has 1 unspecified atom stereocenters. The lowest BCUT2D eigenvalue weighted by molar-refractivity contribution is -0.133. The van der Waals surface area contributed by atoms with Crippen molar-refractivity contribution in [3.05, 3.63) is 35.4 Å². The van der Waals surface area contributed by atoms with E-state index in [0.717, 1.165) is 18.5 Å². The maximum atomic E-state index is 12.1. The molecule has 2 amide bonds. The highest BCUT2D eigenvalue weighted by Crippen LogP contribution is 2.10. The minimum absolute atomic E-state index is 0.00533. The van der Waals surface area contributed by atoms with E-state index in [-0.39, 0.29) is 17.7 Å². The van der Waals surface area contributed by atoms with Crippen LogP contribution in [0.2, 0.25) is 0 Å². The second-order valence-electron chi connectivity index (χ2n) is 6.55. The monoisotopic (exact) mass is 317 g/mol. The van der Waals surface area contributed by atoms with Gasteiger partial charge >= 0.3 is 0 Å². The lowest BCUT2D eigenvalue weighted by atomic mass is 10.1. The van der Waals surface area contributed by atoms with E-state index < -0.39 is 0 Å². The average Bonchev–Trinajstić information content (AvgIpc) is 3.05. The van der Waals surface area contributed by atoms with Gasteiger partial charge in [0, 0.05) is 37.7 Å². The maximum Gasteiger partial charge on any atom is 0.251 e. The molecule has 5 heteroatoms. The van der Waals surface area contributed by atoms with Crippen molar-refractivity contribution in [3.8, 4) is 0 Å². The molecule has 1 atom stereocenters. The van der Waals surface area contributed by atoms with Crippen molar-refractivity contribution < 1.29 is 9.59 Å². The first kappa shape index (κ1) is 17.5. The summed E-state index contributed by atoms with van der Waals surface area (Å²) < 4.78 is 0. The molecule has 1 fully saturated rings. The van der Waals surface area contributed by atoms with Gasteiger partial charge in [0.25, 0.3) is 5.91 Å². The first-order valence-corrected chi connectivity index (χ1v) is 8.33. The van der Waals surface area contributed by atoms with Gasteiger partial charge in [-0.1, -0.05) is 26.0 Å². The molecule has 0 aliphatic carbocycles. The van der Waals surface area contributed by atoms with Gasteiger partial charge in [-0.2, -0.15) is 0 Å². The van der Waals surface area contributed by atoms with E-state index in [2.05, 4.69) is 10.6 Å². The molecule has 0 aromatic heterocycles. The van der Waals surface area contributed by atoms with Gasteiger partial charge in [-0.05, 0) is 37.1 Å². The van der Waals surface area contributed by atoms with Crippen molar-refractivity contribution in [3.63, 3.8) is 0 Å². The summed E-state index contributed by atoms with van der Waals surface area (Å²) in [5.74, 6) is 0.0713. The number of hydrogen-bond donors (Lipinski definition) is 2. The molecule has 1 aromatic carbocycles. The summed E-state index contributed by atoms with van der Waals surface area (Å²) in [5.41, 5.74) is 1.68. The number of amides is 2. The van der Waals surface area contributed by atoms with Gasteiger partial charge < -0.3 is 15.5 Å². The van der Waals surface area contributed by atoms with Crippen LogP contribution in [0.1, 0.15) is 42.6 Å². The molecule has 2 N–H and O–H groups in total. The zero-order chi connectivity index (χ0) is 16.8. The molecule has 1 aliphatic heterocycles. The number of hydrogen-bond acceptors (Lipinski definition) is 3. The Kier molecular flexibility index (Phi) is 6.16. The molecule has 1 heterocycles. The van der Waals surface area contributed by atoms with Crippen LogP contribution in [0.4, 0.5) is 0 Å². The van der Waals surface area contributed by atoms with Gasteiger partial charge in [0.15, 0.2) is 0 Å². The molecule has 1 aromatic rings. The summed E-state index contributed by atoms with van der Waals surface area (Å²) >= 11 is 0. The largest absolute Gasteiger partial charge is 0.350 e. The highest BCUT2D eigenvalue weighted by atomic mass is 16.2. The van der Waals surface area contributed by atoms with E-state index in [1.54, 1.807) is 11.9 Å². The third kappa shape index (κ3) is 5.06. The minimum Gasteiger partial charge on any atom is -0.350 e. The Labute approximate surface area is 138 Å². The standard InChI is InChI=1S/C18H27N3O2/c1-13(2)18(23)21(3)12-14-6-8-15(9-7-14)17(22)20-11-16-5-4-10-19-16/h6-9,13,16,19H,4-5,10-12H2,1-3H3,(H,20,22). The molecular weight excluding hydrogens is 290 g/mol. The molecule has 0 radical (unpaired) electrons. The Morgan fingerprint density at radius 1 is 1.30 bits per heavy atom. The van der Waals surface area contributed by atoms with Gasteiger partial charge in [-0.15, -0.1) is 0 Å². The van der Waals surface area contributed by atoms with E-state index in [9.17, 15) is 9.59 Å². The van der Waals surface area contributed by atoms with Crippen LogP contribution in [0.5, 0.6) is 0 Å². The molecule has 0 spiro atoms. The number of nitrogens with one attached hydrogen (secondary N) is 2. The summed E-state index contributed by atoms with van der Waals surface area (Å²) in [4.78, 5) is 25.7. The number of nitrogens with zero attached hydrogens (tertiary/aromatic N) is 1. The molecule has 0 saturated carbocycles. The number of carbonyl (C=O) groups excluding carboxylic acids is 2. The Balaban J connectivity index is 1.85. The van der Waals surface area contributed by atoms with Crippen LogP contribution in [0.15, 0.2) is 24.3 Å². The number of rotatable bonds is 6. The highest BCUT2D eigenvalue weighted by molar-refractivity contribution is 5.94. The zero-order valence-electron chi connectivity index (χ0n) is 14.3. The molecule has 2 rings (SSSR count). The summed E-state index contributed by atoms with van der Waals surface area (Å²) in [6.07, 6.45) is 2.30. The van der Waals surface area contributed by atoms with Crippen LogP contribution < -0.4 is 10.6 Å². The second-order valence-corrected chi connectivity index (χ2v) is 6.55. The van der Waals surface area contributed by atoms with E-state index in [1.807, 2.05) is 38.1 Å². The van der Waals surface area contributed by atoms with Gasteiger partial charge in [-0.3, -0.25) is 9.59 Å². The Morgan fingerprint density at radius 3 is 2.57 bits per heavy atom. The minimum atomic E-state index is -0.0446. The van der Waals surface area contributed by atoms with Crippen molar-refractivity contribution in [1.29, 1.82) is 0 Å². The Morgan fingerprint density at radius 2 is 2.00 bits per heavy atom. The fraction of sp³-hybridized carbons (Fsp3) is 0.556. The average molecular weight is 317 g/mol. The maximum absolute atomic E-state index is 12.1. The van der Waals surface area contributed by atoms with Crippen molar-refractivity contribution in [1.82, 2.24) is 15.5 Å². The number of carbonyl (C=O) groups is 2. The van der Waals surface area contributed by atoms with Crippen LogP contribution >= 0.6 is 0 Å². The molecule has 5 nitrogen and oxygen atoms in total. The van der Waals surface area contributed by atoms with Crippen LogP contribution in [-0.2, 0) is 11.3 Å². The van der Waals surface area contributed by atoms with Gasteiger partial charge in [0.2, 0.25) is 5.91 Å². The van der Waals surface area contributed by atoms with Crippen molar-refractivity contribution in [2.24, 2.45) is 5.92 Å². The molecular formula is C18H27N3O2. The molecule has 0 bridgehead atoms. The smallest absolute Gasteiger partial charge is 0.251 e. The second kappa shape index (κ2) is 8.11. The van der Waals surface area contributed by atoms with E-state index in [4.69, 9.17) is 0 Å². The molecule has 1 saturated heterocycles. The van der Waals surface area contributed by atoms with E-state index >= 15 is 0 Å². The highest BCUT2D eigenvalue weighted by Gasteiger charge is 2.16. The van der Waals surface area contributed by atoms with Crippen LogP contribution in [0.25, 0.3) is 0 Å². The predicted molar refractivity (Wildman–Crippen MR) is 91.1 cm³/mol. The Bertz CT molecular complexity index is 534. The van der Waals surface area contributed by atoms with Crippen molar-refractivity contribution in [2.45, 2.75) is 39.3 Å². The summed E-state index contributed by atoms with van der Waals surface area (Å²) in [6.45, 7) is 6.06. The third-order valence-corrected chi connectivity index (χ3v) is 4.18. The zero-order valence-corrected chi connectivity index (χ0v) is 14.3. The quantitative estimate of drug-likeness (QED) is 0.841. The number of benzene rings is 1. The van der Waals surface area contributed by atoms with Gasteiger partial charge in [0.05, 0.1) is 0 Å². The lowest BCUT2D eigenvalue weighted by Crippen LogP contribution is -2.37. The van der Waals surface area contributed by atoms with Crippen LogP contribution in [0, 0.1) is 5.92 Å². The SMILES string of the molecule is CC(C)C(=O)N(C)Cc1ccc(C(=O)NCC2CCCN2)cc1. The Hall–Kier alpha value is -1.88. The van der Waals surface area contributed by atoms with Crippen molar-refractivity contribution in [2.75, 3.05) is 20.1 Å². The summed E-state index contributed by atoms with van der Waals surface area (Å²) in [7, 11) is 1.80. The van der Waals surface area contributed by atoms with Gasteiger partial charge in [0.1, 0.15) is 0 Å². The lowest BCUT2D eigenvalue weighted by Gasteiger charge is -2.19. The summed E-state index contributed by atoms with van der Waals surface area (Å²) in [6, 6.07) is 7.86. The molecule has 1 aliphatic rings.